The van der Waals surface area contributed by atoms with Gasteiger partial charge in [0.2, 0.25) is 9.05 Å². The van der Waals surface area contributed by atoms with Gasteiger partial charge in [0.05, 0.1) is 12.4 Å². The highest BCUT2D eigenvalue weighted by molar-refractivity contribution is 8.13. The lowest BCUT2D eigenvalue weighted by molar-refractivity contribution is 0.295. The first-order valence-corrected chi connectivity index (χ1v) is 8.49. The van der Waals surface area contributed by atoms with Gasteiger partial charge < -0.3 is 4.74 Å². The van der Waals surface area contributed by atoms with E-state index in [0.717, 1.165) is 11.1 Å². The van der Waals surface area contributed by atoms with Crippen molar-refractivity contribution in [3.05, 3.63) is 28.8 Å². The molecular formula is C13H17ClO3S. The maximum absolute atomic E-state index is 11.2. The number of rotatable bonds is 5. The van der Waals surface area contributed by atoms with E-state index in [2.05, 4.69) is 0 Å². The Morgan fingerprint density at radius 1 is 1.33 bits per heavy atom. The largest absolute Gasteiger partial charge is 0.493 e. The van der Waals surface area contributed by atoms with Crippen LogP contribution in [0.4, 0.5) is 0 Å². The van der Waals surface area contributed by atoms with Crippen molar-refractivity contribution >= 4 is 19.7 Å². The van der Waals surface area contributed by atoms with Gasteiger partial charge in [-0.1, -0.05) is 12.1 Å². The number of ether oxygens (including phenoxy) is 1. The Morgan fingerprint density at radius 3 is 2.56 bits per heavy atom. The van der Waals surface area contributed by atoms with Crippen molar-refractivity contribution in [2.45, 2.75) is 32.4 Å². The van der Waals surface area contributed by atoms with Crippen molar-refractivity contribution in [3.63, 3.8) is 0 Å². The van der Waals surface area contributed by atoms with Gasteiger partial charge in [0.25, 0.3) is 0 Å². The fraction of sp³-hybridized carbons (Fsp3) is 0.538. The predicted molar refractivity (Wildman–Crippen MR) is 72.6 cm³/mol. The van der Waals surface area contributed by atoms with Gasteiger partial charge in [0.15, 0.2) is 0 Å². The normalized spacial score (nSPS) is 15.7. The van der Waals surface area contributed by atoms with Gasteiger partial charge >= 0.3 is 0 Å². The molecule has 1 aromatic carbocycles. The number of hydrogen-bond acceptors (Lipinski definition) is 3. The van der Waals surface area contributed by atoms with Gasteiger partial charge in [0, 0.05) is 16.2 Å². The summed E-state index contributed by atoms with van der Waals surface area (Å²) in [5.74, 6) is 1.13. The van der Waals surface area contributed by atoms with Gasteiger partial charge in [0.1, 0.15) is 5.75 Å². The van der Waals surface area contributed by atoms with E-state index in [1.807, 2.05) is 19.9 Å². The summed E-state index contributed by atoms with van der Waals surface area (Å²) in [6.07, 6.45) is 2.40. The fourth-order valence-corrected chi connectivity index (χ4v) is 2.78. The lowest BCUT2D eigenvalue weighted by Gasteiger charge is -2.15. The topological polar surface area (TPSA) is 43.4 Å². The van der Waals surface area contributed by atoms with Crippen LogP contribution < -0.4 is 4.74 Å². The lowest BCUT2D eigenvalue weighted by Crippen LogP contribution is -2.06. The monoisotopic (exact) mass is 288 g/mol. The molecule has 1 aliphatic rings. The van der Waals surface area contributed by atoms with E-state index in [0.29, 0.717) is 23.8 Å². The maximum Gasteiger partial charge on any atom is 0.236 e. The van der Waals surface area contributed by atoms with Crippen molar-refractivity contribution < 1.29 is 13.2 Å². The first kappa shape index (κ1) is 13.7. The zero-order valence-electron chi connectivity index (χ0n) is 10.6. The molecule has 1 saturated carbocycles. The SMILES string of the molecule is Cc1ccc(CS(=O)(=O)Cl)c(OCC2CC2)c1C. The molecule has 0 amide bonds. The second kappa shape index (κ2) is 5.10. The molecule has 1 fully saturated rings. The van der Waals surface area contributed by atoms with E-state index in [1.165, 1.54) is 12.8 Å². The van der Waals surface area contributed by atoms with Crippen molar-refractivity contribution in [1.29, 1.82) is 0 Å². The summed E-state index contributed by atoms with van der Waals surface area (Å²) in [5.41, 5.74) is 2.73. The van der Waals surface area contributed by atoms with Crippen LogP contribution in [0.2, 0.25) is 0 Å². The second-order valence-electron chi connectivity index (χ2n) is 4.93. The highest BCUT2D eigenvalue weighted by atomic mass is 35.7. The molecule has 0 aliphatic heterocycles. The fourth-order valence-electron chi connectivity index (χ4n) is 1.83. The molecule has 100 valence electrons. The summed E-state index contributed by atoms with van der Waals surface area (Å²) < 4.78 is 28.2. The summed E-state index contributed by atoms with van der Waals surface area (Å²) in [6.45, 7) is 4.60. The first-order valence-electron chi connectivity index (χ1n) is 6.01. The van der Waals surface area contributed by atoms with Crippen LogP contribution in [-0.4, -0.2) is 15.0 Å². The molecule has 0 heterocycles. The Bertz CT molecular complexity index is 548. The predicted octanol–water partition coefficient (Wildman–Crippen LogP) is 3.16. The van der Waals surface area contributed by atoms with Crippen LogP contribution >= 0.6 is 10.7 Å². The third-order valence-corrected chi connectivity index (χ3v) is 4.23. The standard InChI is InChI=1S/C13H17ClO3S/c1-9-3-6-12(8-18(14,15)16)13(10(9)2)17-7-11-4-5-11/h3,6,11H,4-5,7-8H2,1-2H3. The number of hydrogen-bond donors (Lipinski definition) is 0. The Balaban J connectivity index is 2.28. The van der Waals surface area contributed by atoms with Gasteiger partial charge in [-0.25, -0.2) is 8.42 Å². The van der Waals surface area contributed by atoms with E-state index < -0.39 is 9.05 Å². The highest BCUT2D eigenvalue weighted by Crippen LogP contribution is 2.33. The maximum atomic E-state index is 11.2. The number of aryl methyl sites for hydroxylation is 1. The molecule has 0 atom stereocenters. The quantitative estimate of drug-likeness (QED) is 0.782. The molecule has 0 spiro atoms. The Labute approximate surface area is 113 Å². The molecule has 0 unspecified atom stereocenters. The number of halogens is 1. The molecule has 5 heteroatoms. The van der Waals surface area contributed by atoms with Crippen LogP contribution in [0.3, 0.4) is 0 Å². The van der Waals surface area contributed by atoms with Gasteiger partial charge in [-0.15, -0.1) is 0 Å². The van der Waals surface area contributed by atoms with Crippen LogP contribution in [0.15, 0.2) is 12.1 Å². The molecule has 0 radical (unpaired) electrons. The lowest BCUT2D eigenvalue weighted by atomic mass is 10.1. The second-order valence-corrected chi connectivity index (χ2v) is 7.71. The van der Waals surface area contributed by atoms with E-state index in [-0.39, 0.29) is 5.75 Å². The minimum absolute atomic E-state index is 0.185. The van der Waals surface area contributed by atoms with Gasteiger partial charge in [-0.2, -0.15) is 0 Å². The Kier molecular flexibility index (Phi) is 3.87. The molecule has 2 rings (SSSR count). The smallest absolute Gasteiger partial charge is 0.236 e. The first-order chi connectivity index (χ1) is 8.37. The molecule has 18 heavy (non-hydrogen) atoms. The van der Waals surface area contributed by atoms with Crippen LogP contribution in [0.25, 0.3) is 0 Å². The molecule has 1 aromatic rings. The molecule has 0 bridgehead atoms. The Hall–Kier alpha value is -0.740. The minimum atomic E-state index is -3.56. The summed E-state index contributed by atoms with van der Waals surface area (Å²) in [5, 5.41) is 0. The van der Waals surface area contributed by atoms with Crippen LogP contribution in [0.5, 0.6) is 5.75 Å². The molecule has 3 nitrogen and oxygen atoms in total. The summed E-state index contributed by atoms with van der Waals surface area (Å²) in [6, 6.07) is 3.68. The average molecular weight is 289 g/mol. The van der Waals surface area contributed by atoms with Gasteiger partial charge in [-0.05, 0) is 43.7 Å². The van der Waals surface area contributed by atoms with Crippen molar-refractivity contribution in [1.82, 2.24) is 0 Å². The zero-order chi connectivity index (χ0) is 13.3. The van der Waals surface area contributed by atoms with Crippen molar-refractivity contribution in [2.75, 3.05) is 6.61 Å². The van der Waals surface area contributed by atoms with E-state index >= 15 is 0 Å². The van der Waals surface area contributed by atoms with E-state index in [1.54, 1.807) is 6.07 Å². The number of benzene rings is 1. The van der Waals surface area contributed by atoms with Crippen molar-refractivity contribution in [2.24, 2.45) is 5.92 Å². The van der Waals surface area contributed by atoms with Crippen molar-refractivity contribution in [3.8, 4) is 5.75 Å². The van der Waals surface area contributed by atoms with Crippen LogP contribution in [0, 0.1) is 19.8 Å². The Morgan fingerprint density at radius 2 is 2.00 bits per heavy atom. The molecule has 0 aromatic heterocycles. The van der Waals surface area contributed by atoms with E-state index in [9.17, 15) is 8.42 Å². The molecule has 0 N–H and O–H groups in total. The highest BCUT2D eigenvalue weighted by Gasteiger charge is 2.23. The third kappa shape index (κ3) is 3.62. The molecule has 0 saturated heterocycles. The molecule has 1 aliphatic carbocycles. The van der Waals surface area contributed by atoms with Crippen LogP contribution in [0.1, 0.15) is 29.5 Å². The van der Waals surface area contributed by atoms with Crippen LogP contribution in [-0.2, 0) is 14.8 Å². The third-order valence-electron chi connectivity index (χ3n) is 3.25. The van der Waals surface area contributed by atoms with Gasteiger partial charge in [-0.3, -0.25) is 0 Å². The zero-order valence-corrected chi connectivity index (χ0v) is 12.1. The summed E-state index contributed by atoms with van der Waals surface area (Å²) in [4.78, 5) is 0. The average Bonchev–Trinajstić information content (AvgIpc) is 3.05. The molecular weight excluding hydrogens is 272 g/mol. The summed E-state index contributed by atoms with van der Waals surface area (Å²) in [7, 11) is 1.76. The van der Waals surface area contributed by atoms with E-state index in [4.69, 9.17) is 15.4 Å². The summed E-state index contributed by atoms with van der Waals surface area (Å²) >= 11 is 0. The minimum Gasteiger partial charge on any atom is -0.493 e.